The average Bonchev–Trinajstić information content (AvgIpc) is 3.76. The van der Waals surface area contributed by atoms with Crippen LogP contribution in [0.25, 0.3) is 0 Å². The Hall–Kier alpha value is -3.85. The minimum Gasteiger partial charge on any atom is -0.346 e. The first-order valence-corrected chi connectivity index (χ1v) is 19.5. The molecule has 1 saturated heterocycles. The molecule has 1 aliphatic heterocycles. The third-order valence-corrected chi connectivity index (χ3v) is 11.7. The molecule has 0 aromatic carbocycles. The van der Waals surface area contributed by atoms with E-state index in [1.165, 1.54) is 42.6 Å². The number of carbonyl (C=O) groups is 5. The topological polar surface area (TPSA) is 187 Å². The van der Waals surface area contributed by atoms with E-state index >= 15 is 0 Å². The van der Waals surface area contributed by atoms with E-state index in [9.17, 15) is 32.4 Å². The number of aromatic nitrogens is 1. The monoisotopic (exact) mass is 745 g/mol. The molecule has 1 aromatic rings. The summed E-state index contributed by atoms with van der Waals surface area (Å²) in [6.45, 7) is 18.9. The molecule has 1 aliphatic carbocycles. The van der Waals surface area contributed by atoms with E-state index in [4.69, 9.17) is 0 Å². The summed E-state index contributed by atoms with van der Waals surface area (Å²) in [7, 11) is -2.47. The van der Waals surface area contributed by atoms with Crippen LogP contribution in [0.3, 0.4) is 0 Å². The van der Waals surface area contributed by atoms with Crippen LogP contribution in [0.1, 0.15) is 81.1 Å². The molecule has 5 atom stereocenters. The van der Waals surface area contributed by atoms with Gasteiger partial charge in [-0.05, 0) is 53.6 Å². The highest BCUT2D eigenvalue weighted by atomic mass is 32.2. The lowest BCUT2D eigenvalue weighted by molar-refractivity contribution is -0.144. The Labute approximate surface area is 309 Å². The Morgan fingerprint density at radius 1 is 1.02 bits per heavy atom. The number of ketones is 1. The van der Waals surface area contributed by atoms with Crippen LogP contribution in [0.2, 0.25) is 0 Å². The zero-order valence-corrected chi connectivity index (χ0v) is 33.0. The van der Waals surface area contributed by atoms with Gasteiger partial charge in [0.1, 0.15) is 17.0 Å². The van der Waals surface area contributed by atoms with Crippen molar-refractivity contribution in [2.24, 2.45) is 28.6 Å². The Kier molecular flexibility index (Phi) is 14.2. The van der Waals surface area contributed by atoms with E-state index in [0.717, 1.165) is 17.1 Å². The standard InChI is InChI=1S/C37H59N7O7S/c1-11-17-39-33(47)30(45)27(20-24-14-15-24)40-32(46)29-26(23(2)3)16-19-44(29)34(48)31(37(7,8)9)42-35(49)41-28(36(4,5)6)22-43(10)52(50,51)25-13-12-18-38-21-25/h11-13,18,21,23-24,26-29,31H,1,14-17,19-20,22H2,2-10H3,(H,39,47)(H,40,46)(H2,41,42,49)/t26-,27?,28-,29+,31-/m1/s1. The third-order valence-electron chi connectivity index (χ3n) is 9.90. The molecule has 52 heavy (non-hydrogen) atoms. The number of Topliss-reactive ketones (excluding diaryl/α,β-unsaturated/α-hetero) is 1. The first-order valence-electron chi connectivity index (χ1n) is 18.1. The molecule has 0 radical (unpaired) electrons. The zero-order valence-electron chi connectivity index (χ0n) is 32.2. The maximum Gasteiger partial charge on any atom is 0.315 e. The van der Waals surface area contributed by atoms with Gasteiger partial charge in [0, 0.05) is 45.1 Å². The van der Waals surface area contributed by atoms with E-state index in [2.05, 4.69) is 32.8 Å². The minimum atomic E-state index is -3.90. The van der Waals surface area contributed by atoms with Crippen molar-refractivity contribution in [2.75, 3.05) is 26.7 Å². The van der Waals surface area contributed by atoms with Crippen molar-refractivity contribution < 1.29 is 32.4 Å². The molecule has 14 nitrogen and oxygen atoms in total. The highest BCUT2D eigenvalue weighted by Gasteiger charge is 2.48. The Morgan fingerprint density at radius 3 is 2.19 bits per heavy atom. The van der Waals surface area contributed by atoms with Crippen molar-refractivity contribution >= 4 is 39.6 Å². The van der Waals surface area contributed by atoms with Gasteiger partial charge >= 0.3 is 6.03 Å². The molecule has 0 spiro atoms. The quantitative estimate of drug-likeness (QED) is 0.147. The first-order chi connectivity index (χ1) is 24.1. The molecule has 2 heterocycles. The predicted octanol–water partition coefficient (Wildman–Crippen LogP) is 2.86. The molecule has 2 fully saturated rings. The summed E-state index contributed by atoms with van der Waals surface area (Å²) in [6.07, 6.45) is 6.89. The predicted molar refractivity (Wildman–Crippen MR) is 198 cm³/mol. The van der Waals surface area contributed by atoms with Crippen molar-refractivity contribution in [1.82, 2.24) is 35.5 Å². The van der Waals surface area contributed by atoms with Crippen LogP contribution < -0.4 is 21.3 Å². The minimum absolute atomic E-state index is 0.0128. The molecule has 5 amide bonds. The summed E-state index contributed by atoms with van der Waals surface area (Å²) in [4.78, 5) is 73.5. The molecule has 3 rings (SSSR count). The van der Waals surface area contributed by atoms with Crippen molar-refractivity contribution in [3.63, 3.8) is 0 Å². The number of likely N-dealkylation sites (N-methyl/N-ethyl adjacent to an activating group) is 1. The van der Waals surface area contributed by atoms with E-state index < -0.39 is 74.6 Å². The van der Waals surface area contributed by atoms with Crippen molar-refractivity contribution in [2.45, 2.75) is 110 Å². The normalized spacial score (nSPS) is 19.8. The van der Waals surface area contributed by atoms with Crippen LogP contribution >= 0.6 is 0 Å². The second-order valence-corrected chi connectivity index (χ2v) is 18.6. The van der Waals surface area contributed by atoms with Gasteiger partial charge in [0.2, 0.25) is 27.6 Å². The smallest absolute Gasteiger partial charge is 0.315 e. The number of sulfonamides is 1. The van der Waals surface area contributed by atoms with Gasteiger partial charge in [0.25, 0.3) is 5.91 Å². The first kappa shape index (κ1) is 42.6. The van der Waals surface area contributed by atoms with E-state index in [1.54, 1.807) is 0 Å². The molecule has 1 unspecified atom stereocenters. The average molecular weight is 746 g/mol. The van der Waals surface area contributed by atoms with Crippen LogP contribution in [0.15, 0.2) is 42.1 Å². The Balaban J connectivity index is 1.83. The number of amides is 5. The molecule has 0 bridgehead atoms. The number of nitrogens with zero attached hydrogens (tertiary/aromatic N) is 3. The molecule has 290 valence electrons. The Morgan fingerprint density at radius 2 is 1.67 bits per heavy atom. The van der Waals surface area contributed by atoms with Crippen LogP contribution in [0, 0.1) is 28.6 Å². The lowest BCUT2D eigenvalue weighted by atomic mass is 9.84. The van der Waals surface area contributed by atoms with Gasteiger partial charge in [-0.2, -0.15) is 4.31 Å². The highest BCUT2D eigenvalue weighted by molar-refractivity contribution is 7.89. The fourth-order valence-corrected chi connectivity index (χ4v) is 7.55. The van der Waals surface area contributed by atoms with Gasteiger partial charge in [-0.25, -0.2) is 13.2 Å². The number of carbonyl (C=O) groups excluding carboxylic acids is 5. The van der Waals surface area contributed by atoms with Crippen molar-refractivity contribution in [3.8, 4) is 0 Å². The number of pyridine rings is 1. The summed E-state index contributed by atoms with van der Waals surface area (Å²) >= 11 is 0. The fourth-order valence-electron chi connectivity index (χ4n) is 6.40. The van der Waals surface area contributed by atoms with E-state index in [-0.39, 0.29) is 42.3 Å². The van der Waals surface area contributed by atoms with Gasteiger partial charge in [-0.15, -0.1) is 6.58 Å². The highest BCUT2D eigenvalue weighted by Crippen LogP contribution is 2.36. The summed E-state index contributed by atoms with van der Waals surface area (Å²) in [5.74, 6) is -2.50. The molecule has 4 N–H and O–H groups in total. The van der Waals surface area contributed by atoms with Gasteiger partial charge in [0.15, 0.2) is 0 Å². The van der Waals surface area contributed by atoms with E-state index in [1.807, 2.05) is 55.4 Å². The molecular formula is C37H59N7O7S. The molecular weight excluding hydrogens is 687 g/mol. The fraction of sp³-hybridized carbons (Fsp3) is 0.676. The summed E-state index contributed by atoms with van der Waals surface area (Å²) in [6, 6.07) is -1.38. The van der Waals surface area contributed by atoms with Crippen LogP contribution in [0.5, 0.6) is 0 Å². The summed E-state index contributed by atoms with van der Waals surface area (Å²) in [5.41, 5.74) is -1.38. The Bertz CT molecular complexity index is 1570. The van der Waals surface area contributed by atoms with Crippen LogP contribution in [-0.4, -0.2) is 103 Å². The number of rotatable bonds is 16. The maximum absolute atomic E-state index is 14.5. The second-order valence-electron chi connectivity index (χ2n) is 16.6. The molecule has 2 aliphatic rings. The maximum atomic E-state index is 14.5. The molecule has 1 aromatic heterocycles. The SMILES string of the molecule is C=CCNC(=O)C(=O)C(CC1CC1)NC(=O)[C@@H]1[C@@H](C(C)C)CCN1C(=O)[C@@H](NC(=O)N[C@H](CN(C)S(=O)(=O)c1cccnc1)C(C)(C)C)C(C)(C)C. The lowest BCUT2D eigenvalue weighted by Gasteiger charge is -2.38. The van der Waals surface area contributed by atoms with Crippen LogP contribution in [0.4, 0.5) is 4.79 Å². The van der Waals surface area contributed by atoms with E-state index in [0.29, 0.717) is 12.8 Å². The third kappa shape index (κ3) is 11.1. The molecule has 15 heteroatoms. The van der Waals surface area contributed by atoms with Gasteiger partial charge < -0.3 is 26.2 Å². The number of nitrogens with one attached hydrogen (secondary N) is 4. The van der Waals surface area contributed by atoms with Gasteiger partial charge in [0.05, 0.1) is 6.04 Å². The van der Waals surface area contributed by atoms with Gasteiger partial charge in [-0.1, -0.05) is 74.3 Å². The second kappa shape index (κ2) is 17.3. The number of likely N-dealkylation sites (tertiary alicyclic amines) is 1. The summed E-state index contributed by atoms with van der Waals surface area (Å²) < 4.78 is 27.7. The summed E-state index contributed by atoms with van der Waals surface area (Å²) in [5, 5.41) is 11.1. The zero-order chi connectivity index (χ0) is 39.2. The van der Waals surface area contributed by atoms with Crippen molar-refractivity contribution in [1.29, 1.82) is 0 Å². The van der Waals surface area contributed by atoms with Crippen LogP contribution in [-0.2, 0) is 29.2 Å². The van der Waals surface area contributed by atoms with Crippen molar-refractivity contribution in [3.05, 3.63) is 37.2 Å². The number of hydrogen-bond acceptors (Lipinski definition) is 8. The van der Waals surface area contributed by atoms with Gasteiger partial charge in [-0.3, -0.25) is 24.2 Å². The number of urea groups is 1. The largest absolute Gasteiger partial charge is 0.346 e. The lowest BCUT2D eigenvalue weighted by Crippen LogP contribution is -2.62. The number of hydrogen-bond donors (Lipinski definition) is 4. The molecule has 1 saturated carbocycles.